The van der Waals surface area contributed by atoms with Crippen LogP contribution in [0.1, 0.15) is 0 Å². The van der Waals surface area contributed by atoms with Gasteiger partial charge in [-0.1, -0.05) is 133 Å². The molecule has 0 unspecified atom stereocenters. The van der Waals surface area contributed by atoms with E-state index < -0.39 is 0 Å². The van der Waals surface area contributed by atoms with Crippen LogP contribution in [0.3, 0.4) is 0 Å². The second-order valence-electron chi connectivity index (χ2n) is 13.4. The van der Waals surface area contributed by atoms with E-state index in [0.717, 1.165) is 61.3 Å². The van der Waals surface area contributed by atoms with Crippen molar-refractivity contribution < 1.29 is 8.83 Å². The zero-order valence-electron chi connectivity index (χ0n) is 28.8. The third-order valence-electron chi connectivity index (χ3n) is 10.3. The van der Waals surface area contributed by atoms with E-state index in [2.05, 4.69) is 169 Å². The predicted molar refractivity (Wildman–Crippen MR) is 220 cm³/mol. The minimum Gasteiger partial charge on any atom is -0.464 e. The van der Waals surface area contributed by atoms with Crippen LogP contribution < -0.4 is 4.90 Å². The molecule has 3 nitrogen and oxygen atoms in total. The highest BCUT2D eigenvalue weighted by Gasteiger charge is 2.16. The third kappa shape index (κ3) is 5.65. The van der Waals surface area contributed by atoms with Gasteiger partial charge >= 0.3 is 0 Å². The second kappa shape index (κ2) is 12.9. The number of nitrogens with zero attached hydrogens (tertiary/aromatic N) is 1. The van der Waals surface area contributed by atoms with Crippen LogP contribution in [0.5, 0.6) is 0 Å². The van der Waals surface area contributed by atoms with Crippen LogP contribution in [0.4, 0.5) is 17.1 Å². The van der Waals surface area contributed by atoms with Crippen LogP contribution >= 0.6 is 0 Å². The molecule has 2 heterocycles. The number of anilines is 3. The monoisotopic (exact) mass is 679 g/mol. The first-order valence-electron chi connectivity index (χ1n) is 17.9. The number of para-hydroxylation sites is 2. The number of hydrogen-bond acceptors (Lipinski definition) is 3. The minimum absolute atomic E-state index is 0.891. The summed E-state index contributed by atoms with van der Waals surface area (Å²) in [6.07, 6.45) is 3.70. The Morgan fingerprint density at radius 2 is 0.679 bits per heavy atom. The average Bonchev–Trinajstić information content (AvgIpc) is 3.87. The average molecular weight is 680 g/mol. The minimum atomic E-state index is 0.891. The summed E-state index contributed by atoms with van der Waals surface area (Å²) in [5.41, 5.74) is 14.2. The molecule has 3 heteroatoms. The summed E-state index contributed by atoms with van der Waals surface area (Å²) in [5.74, 6) is 0. The van der Waals surface area contributed by atoms with Gasteiger partial charge in [0.25, 0.3) is 0 Å². The lowest BCUT2D eigenvalue weighted by Crippen LogP contribution is -2.09. The molecule has 10 rings (SSSR count). The van der Waals surface area contributed by atoms with Gasteiger partial charge in [0.15, 0.2) is 0 Å². The molecule has 0 bridgehead atoms. The number of hydrogen-bond donors (Lipinski definition) is 0. The summed E-state index contributed by atoms with van der Waals surface area (Å²) in [5, 5.41) is 4.73. The first-order chi connectivity index (χ1) is 26.2. The zero-order valence-corrected chi connectivity index (χ0v) is 28.8. The fraction of sp³-hybridized carbons (Fsp3) is 0. The van der Waals surface area contributed by atoms with E-state index >= 15 is 0 Å². The predicted octanol–water partition coefficient (Wildman–Crippen LogP) is 14.5. The standard InChI is InChI=1S/C50H33NO2/c1-2-8-40-31-41(18-17-34(40)7-1)37-15-13-35(14-16-37)36-19-25-42(26-20-36)51(43-27-21-38(22-28-43)47-32-52-49-11-5-3-9-45(47)49)44-29-23-39(24-30-44)48-33-53-50-12-6-4-10-46(48)50/h1-33H. The summed E-state index contributed by atoms with van der Waals surface area (Å²) in [4.78, 5) is 2.31. The molecular formula is C50H33NO2. The first kappa shape index (κ1) is 30.7. The van der Waals surface area contributed by atoms with Gasteiger partial charge in [-0.3, -0.25) is 0 Å². The molecule has 0 saturated heterocycles. The molecule has 0 aliphatic rings. The maximum absolute atomic E-state index is 5.86. The summed E-state index contributed by atoms with van der Waals surface area (Å²) in [7, 11) is 0. The molecule has 0 saturated carbocycles. The molecule has 0 atom stereocenters. The van der Waals surface area contributed by atoms with Gasteiger partial charge in [-0.25, -0.2) is 0 Å². The summed E-state index contributed by atoms with van der Waals surface area (Å²) < 4.78 is 11.7. The van der Waals surface area contributed by atoms with Crippen LogP contribution in [-0.4, -0.2) is 0 Å². The van der Waals surface area contributed by atoms with E-state index in [4.69, 9.17) is 8.83 Å². The maximum atomic E-state index is 5.86. The van der Waals surface area contributed by atoms with E-state index in [9.17, 15) is 0 Å². The highest BCUT2D eigenvalue weighted by atomic mass is 16.3. The third-order valence-corrected chi connectivity index (χ3v) is 10.3. The Bertz CT molecular complexity index is 2740. The van der Waals surface area contributed by atoms with Crippen molar-refractivity contribution >= 4 is 49.8 Å². The van der Waals surface area contributed by atoms with Crippen molar-refractivity contribution in [3.63, 3.8) is 0 Å². The topological polar surface area (TPSA) is 29.5 Å². The van der Waals surface area contributed by atoms with E-state index in [-0.39, 0.29) is 0 Å². The normalized spacial score (nSPS) is 11.4. The Labute approximate surface area is 307 Å². The lowest BCUT2D eigenvalue weighted by molar-refractivity contribution is 0.616. The van der Waals surface area contributed by atoms with E-state index in [1.165, 1.54) is 33.0 Å². The second-order valence-corrected chi connectivity index (χ2v) is 13.4. The SMILES string of the molecule is c1ccc2cc(-c3ccc(-c4ccc(N(c5ccc(-c6coc7ccccc67)cc5)c5ccc(-c6coc7ccccc67)cc5)cc4)cc3)ccc2c1. The maximum Gasteiger partial charge on any atom is 0.134 e. The Balaban J connectivity index is 0.986. The van der Waals surface area contributed by atoms with Crippen molar-refractivity contribution in [2.24, 2.45) is 0 Å². The summed E-state index contributed by atoms with van der Waals surface area (Å²) in [6, 6.07) is 66.7. The van der Waals surface area contributed by atoms with Gasteiger partial charge in [0.05, 0.1) is 12.5 Å². The van der Waals surface area contributed by atoms with Crippen molar-refractivity contribution in [1.82, 2.24) is 0 Å². The molecule has 0 amide bonds. The van der Waals surface area contributed by atoms with Crippen molar-refractivity contribution in [2.45, 2.75) is 0 Å². The van der Waals surface area contributed by atoms with Gasteiger partial charge in [-0.2, -0.15) is 0 Å². The fourth-order valence-electron chi connectivity index (χ4n) is 7.46. The molecule has 0 radical (unpaired) electrons. The van der Waals surface area contributed by atoms with Gasteiger partial charge < -0.3 is 13.7 Å². The van der Waals surface area contributed by atoms with Crippen molar-refractivity contribution in [2.75, 3.05) is 4.90 Å². The molecule has 250 valence electrons. The van der Waals surface area contributed by atoms with Crippen molar-refractivity contribution in [3.05, 3.63) is 201 Å². The highest BCUT2D eigenvalue weighted by Crippen LogP contribution is 2.40. The van der Waals surface area contributed by atoms with E-state index in [1.54, 1.807) is 0 Å². The Morgan fingerprint density at radius 1 is 0.302 bits per heavy atom. The Morgan fingerprint density at radius 3 is 1.19 bits per heavy atom. The molecule has 0 aliphatic heterocycles. The highest BCUT2D eigenvalue weighted by molar-refractivity contribution is 5.96. The molecule has 2 aromatic heterocycles. The summed E-state index contributed by atoms with van der Waals surface area (Å²) >= 11 is 0. The van der Waals surface area contributed by atoms with Crippen molar-refractivity contribution in [3.8, 4) is 44.5 Å². The lowest BCUT2D eigenvalue weighted by Gasteiger charge is -2.26. The quantitative estimate of drug-likeness (QED) is 0.168. The van der Waals surface area contributed by atoms with Crippen LogP contribution in [0.15, 0.2) is 209 Å². The molecule has 10 aromatic rings. The van der Waals surface area contributed by atoms with Gasteiger partial charge in [0, 0.05) is 39.0 Å². The molecule has 0 fully saturated rings. The van der Waals surface area contributed by atoms with E-state index in [1.807, 2.05) is 36.8 Å². The largest absolute Gasteiger partial charge is 0.464 e. The molecule has 53 heavy (non-hydrogen) atoms. The Hall–Kier alpha value is -7.10. The number of furan rings is 2. The zero-order chi connectivity index (χ0) is 35.1. The molecular weight excluding hydrogens is 647 g/mol. The molecule has 8 aromatic carbocycles. The Kier molecular flexibility index (Phi) is 7.47. The van der Waals surface area contributed by atoms with Gasteiger partial charge in [0.1, 0.15) is 11.2 Å². The van der Waals surface area contributed by atoms with Gasteiger partial charge in [0.2, 0.25) is 0 Å². The van der Waals surface area contributed by atoms with Gasteiger partial charge in [-0.05, 0) is 98.8 Å². The number of benzene rings is 8. The molecule has 0 spiro atoms. The fourth-order valence-corrected chi connectivity index (χ4v) is 7.46. The van der Waals surface area contributed by atoms with Crippen molar-refractivity contribution in [1.29, 1.82) is 0 Å². The molecule has 0 aliphatic carbocycles. The molecule has 0 N–H and O–H groups in total. The van der Waals surface area contributed by atoms with Crippen LogP contribution in [0.2, 0.25) is 0 Å². The lowest BCUT2D eigenvalue weighted by atomic mass is 9.98. The van der Waals surface area contributed by atoms with Crippen LogP contribution in [0.25, 0.3) is 77.2 Å². The number of fused-ring (bicyclic) bond motifs is 3. The first-order valence-corrected chi connectivity index (χ1v) is 17.9. The van der Waals surface area contributed by atoms with Gasteiger partial charge in [-0.15, -0.1) is 0 Å². The van der Waals surface area contributed by atoms with Crippen LogP contribution in [-0.2, 0) is 0 Å². The number of rotatable bonds is 7. The smallest absolute Gasteiger partial charge is 0.134 e. The van der Waals surface area contributed by atoms with Crippen LogP contribution in [0, 0.1) is 0 Å². The summed E-state index contributed by atoms with van der Waals surface area (Å²) in [6.45, 7) is 0. The van der Waals surface area contributed by atoms with E-state index in [0.29, 0.717) is 0 Å².